The first-order valence-corrected chi connectivity index (χ1v) is 47.1. The average Bonchev–Trinajstić information content (AvgIpc) is 1.56. The molecule has 8 aromatic heterocycles. The lowest BCUT2D eigenvalue weighted by Crippen LogP contribution is -2.25. The Bertz CT molecular complexity index is 4410. The number of fused-ring (bicyclic) bond motifs is 3. The maximum atomic E-state index is 2.59. The molecular weight excluding hydrogens is 1420 g/mol. The van der Waals surface area contributed by atoms with Gasteiger partial charge in [0.25, 0.3) is 0 Å². The molecular formula is C97H110S8. The molecule has 4 aromatic carbocycles. The number of rotatable bonds is 42. The van der Waals surface area contributed by atoms with Gasteiger partial charge in [-0.3, -0.25) is 0 Å². The van der Waals surface area contributed by atoms with Crippen LogP contribution in [-0.2, 0) is 31.1 Å². The van der Waals surface area contributed by atoms with Crippen LogP contribution in [0.15, 0.2) is 168 Å². The first-order valence-electron chi connectivity index (χ1n) is 40.4. The summed E-state index contributed by atoms with van der Waals surface area (Å²) >= 11 is 15.7. The van der Waals surface area contributed by atoms with Crippen LogP contribution in [0.4, 0.5) is 0 Å². The monoisotopic (exact) mass is 1530 g/mol. The predicted octanol–water partition coefficient (Wildman–Crippen LogP) is 34.6. The maximum Gasteiger partial charge on any atom is 0.0481 e. The van der Waals surface area contributed by atoms with E-state index in [1.807, 2.05) is 90.7 Å². The van der Waals surface area contributed by atoms with Crippen LogP contribution < -0.4 is 0 Å². The van der Waals surface area contributed by atoms with Crippen LogP contribution in [0.5, 0.6) is 0 Å². The van der Waals surface area contributed by atoms with E-state index in [1.54, 1.807) is 11.1 Å². The summed E-state index contributed by atoms with van der Waals surface area (Å²) in [5.41, 5.74) is 19.7. The highest BCUT2D eigenvalue weighted by molar-refractivity contribution is 7.30. The Morgan fingerprint density at radius 2 is 0.552 bits per heavy atom. The Labute approximate surface area is 663 Å². The molecule has 0 amide bonds. The van der Waals surface area contributed by atoms with Gasteiger partial charge in [0.15, 0.2) is 0 Å². The highest BCUT2D eigenvalue weighted by Crippen LogP contribution is 2.56. The first kappa shape index (κ1) is 77.1. The number of thiophene rings is 8. The number of hydrogen-bond donors (Lipinski definition) is 0. The van der Waals surface area contributed by atoms with Gasteiger partial charge in [0.2, 0.25) is 0 Å². The van der Waals surface area contributed by atoms with E-state index in [2.05, 4.69) is 234 Å². The van der Waals surface area contributed by atoms with E-state index in [4.69, 9.17) is 0 Å². The van der Waals surface area contributed by atoms with Gasteiger partial charge in [-0.1, -0.05) is 279 Å². The van der Waals surface area contributed by atoms with Crippen LogP contribution >= 0.6 is 90.7 Å². The van der Waals surface area contributed by atoms with Crippen LogP contribution in [-0.4, -0.2) is 0 Å². The summed E-state index contributed by atoms with van der Waals surface area (Å²) in [6.07, 6.45) is 47.3. The Hall–Kier alpha value is -6.04. The topological polar surface area (TPSA) is 0 Å². The summed E-state index contributed by atoms with van der Waals surface area (Å²) in [5.74, 6) is 0. The van der Waals surface area contributed by atoms with Gasteiger partial charge in [-0.05, 0) is 226 Å². The van der Waals surface area contributed by atoms with E-state index in [-0.39, 0.29) is 5.41 Å². The van der Waals surface area contributed by atoms with E-state index in [0.29, 0.717) is 0 Å². The molecule has 13 rings (SSSR count). The van der Waals surface area contributed by atoms with Crippen molar-refractivity contribution in [1.82, 2.24) is 0 Å². The molecule has 0 unspecified atom stereocenters. The number of aryl methyl sites for hydroxylation is 4. The third kappa shape index (κ3) is 19.3. The third-order valence-corrected chi connectivity index (χ3v) is 31.6. The minimum absolute atomic E-state index is 0.0221. The van der Waals surface area contributed by atoms with Gasteiger partial charge >= 0.3 is 0 Å². The lowest BCUT2D eigenvalue weighted by molar-refractivity contribution is 0.401. The lowest BCUT2D eigenvalue weighted by Gasteiger charge is -2.33. The molecule has 1 aliphatic rings. The minimum Gasteiger partial charge on any atom is -0.143 e. The Kier molecular flexibility index (Phi) is 28.5. The second kappa shape index (κ2) is 38.9. The summed E-state index contributed by atoms with van der Waals surface area (Å²) in [4.78, 5) is 19.8. The molecule has 8 heteroatoms. The van der Waals surface area contributed by atoms with Crippen molar-refractivity contribution in [2.45, 2.75) is 240 Å². The molecule has 0 spiro atoms. The third-order valence-electron chi connectivity index (χ3n) is 21.8. The second-order valence-corrected chi connectivity index (χ2v) is 37.9. The quantitative estimate of drug-likeness (QED) is 0.0264. The van der Waals surface area contributed by atoms with Crippen molar-refractivity contribution >= 4 is 115 Å². The fourth-order valence-electron chi connectivity index (χ4n) is 15.8. The molecule has 105 heavy (non-hydrogen) atoms. The van der Waals surface area contributed by atoms with Gasteiger partial charge in [-0.25, -0.2) is 0 Å². The van der Waals surface area contributed by atoms with Gasteiger partial charge < -0.3 is 0 Å². The number of benzene rings is 4. The largest absolute Gasteiger partial charge is 0.143 e. The van der Waals surface area contributed by atoms with Crippen LogP contribution in [0.3, 0.4) is 0 Å². The highest BCUT2D eigenvalue weighted by Gasteiger charge is 2.42. The molecule has 1 aliphatic carbocycles. The summed E-state index contributed by atoms with van der Waals surface area (Å²) < 4.78 is 0. The van der Waals surface area contributed by atoms with Crippen molar-refractivity contribution in [2.24, 2.45) is 0 Å². The summed E-state index contributed by atoms with van der Waals surface area (Å²) in [5, 5.41) is 4.59. The molecule has 12 aromatic rings. The molecule has 0 atom stereocenters. The maximum absolute atomic E-state index is 2.59. The van der Waals surface area contributed by atoms with Crippen molar-refractivity contribution in [3.8, 4) is 90.5 Å². The average molecular weight is 1530 g/mol. The van der Waals surface area contributed by atoms with Crippen LogP contribution in [0.1, 0.15) is 264 Å². The smallest absolute Gasteiger partial charge is 0.0481 e. The number of hydrogen-bond acceptors (Lipinski definition) is 8. The fourth-order valence-corrected chi connectivity index (χ4v) is 24.9. The molecule has 0 saturated heterocycles. The van der Waals surface area contributed by atoms with E-state index >= 15 is 0 Å². The lowest BCUT2D eigenvalue weighted by atomic mass is 9.70. The van der Waals surface area contributed by atoms with E-state index in [9.17, 15) is 0 Å². The zero-order chi connectivity index (χ0) is 72.2. The molecule has 0 nitrogen and oxygen atoms in total. The van der Waals surface area contributed by atoms with Crippen molar-refractivity contribution in [3.05, 3.63) is 224 Å². The van der Waals surface area contributed by atoms with Crippen LogP contribution in [0.2, 0.25) is 0 Å². The van der Waals surface area contributed by atoms with E-state index in [1.165, 1.54) is 315 Å². The molecule has 0 bridgehead atoms. The molecule has 0 aliphatic heterocycles. The van der Waals surface area contributed by atoms with E-state index < -0.39 is 0 Å². The molecule has 0 N–H and O–H groups in total. The van der Waals surface area contributed by atoms with Crippen molar-refractivity contribution in [3.63, 3.8) is 0 Å². The summed E-state index contributed by atoms with van der Waals surface area (Å²) in [6.45, 7) is 13.9. The SMILES string of the molecule is CCCCCCc1ccsc1-c1ccc(-c2ccc(-c3sc(-c4ccc(/C=C/c5ccc6c(c5)C(CCCCCC)(CCCCCC)c5cc(/C=C/c7ccc(-c8cc(CCCCCC)c(-c9ccc(-c%10ccc(-c%11sccc%11CCCCCC)s%10)s9)s8)cc7)ccc5-6)cc4)cc3CCCCCC)s2)s1. The molecule has 0 saturated carbocycles. The summed E-state index contributed by atoms with van der Waals surface area (Å²) in [7, 11) is 0. The number of unbranched alkanes of at least 4 members (excludes halogenated alkanes) is 18. The molecule has 8 heterocycles. The molecule has 546 valence electrons. The van der Waals surface area contributed by atoms with E-state index in [0.717, 1.165) is 12.8 Å². The molecule has 0 radical (unpaired) electrons. The van der Waals surface area contributed by atoms with Crippen LogP contribution in [0, 0.1) is 0 Å². The standard InChI is InChI=1S/C97H110S8/c1-7-13-19-25-31-75-59-63-98-93(75)87-55-51-83(100-87)85-53-57-89(102-85)95-77(33-27-21-15-9-3)67-91(104-95)73-45-39-69(40-46-73)35-37-71-43-49-79-80-50-44-72(66-82(80)97(81(79)65-71,61-29-23-17-11-5)62-30-24-18-12-6)38-36-70-41-47-74(48-42-70)92-68-78(34-28-22-16-10-4)96(105-92)90-58-54-86(103-90)84-52-56-88(101-84)94-76(60-64-99-94)32-26-20-14-8-2/h35-60,63-68H,7-34,61-62H2,1-6H3/b37-35+,38-36+. The van der Waals surface area contributed by atoms with Gasteiger partial charge in [0, 0.05) is 73.7 Å². The van der Waals surface area contributed by atoms with Gasteiger partial charge in [0.05, 0.1) is 0 Å². The fraction of sp³-hybridized carbons (Fsp3) is 0.381. The van der Waals surface area contributed by atoms with Crippen molar-refractivity contribution in [2.75, 3.05) is 0 Å². The van der Waals surface area contributed by atoms with Gasteiger partial charge in [-0.2, -0.15) is 0 Å². The Morgan fingerprint density at radius 3 is 0.905 bits per heavy atom. The highest BCUT2D eigenvalue weighted by atomic mass is 32.1. The van der Waals surface area contributed by atoms with Gasteiger partial charge in [0.1, 0.15) is 0 Å². The molecule has 0 fully saturated rings. The summed E-state index contributed by atoms with van der Waals surface area (Å²) in [6, 6.07) is 62.6. The predicted molar refractivity (Wildman–Crippen MR) is 479 cm³/mol. The van der Waals surface area contributed by atoms with Crippen molar-refractivity contribution < 1.29 is 0 Å². The Morgan fingerprint density at radius 1 is 0.248 bits per heavy atom. The van der Waals surface area contributed by atoms with Gasteiger partial charge in [-0.15, -0.1) is 90.7 Å². The Balaban J connectivity index is 0.716. The normalized spacial score (nSPS) is 12.7. The van der Waals surface area contributed by atoms with Crippen molar-refractivity contribution in [1.29, 1.82) is 0 Å². The zero-order valence-electron chi connectivity index (χ0n) is 63.5. The first-order chi connectivity index (χ1) is 51.8. The second-order valence-electron chi connectivity index (χ2n) is 29.6. The zero-order valence-corrected chi connectivity index (χ0v) is 70.0. The van der Waals surface area contributed by atoms with Crippen LogP contribution in [0.25, 0.3) is 115 Å². The minimum atomic E-state index is -0.0221.